The molecule has 0 spiro atoms. The van der Waals surface area contributed by atoms with Gasteiger partial charge in [0.2, 0.25) is 0 Å². The number of nitrogens with zero attached hydrogens (tertiary/aromatic N) is 2. The number of hydrogen-bond donors (Lipinski definition) is 0. The zero-order valence-electron chi connectivity index (χ0n) is 12.8. The zero-order chi connectivity index (χ0) is 16.3. The molecule has 2 aromatic carbocycles. The molecule has 3 heteroatoms. The van der Waals surface area contributed by atoms with Crippen molar-refractivity contribution in [3.8, 4) is 6.07 Å². The van der Waals surface area contributed by atoms with Crippen LogP contribution < -0.4 is 0 Å². The summed E-state index contributed by atoms with van der Waals surface area (Å²) in [5.41, 5.74) is 1.74. The molecule has 3 rings (SSSR count). The Morgan fingerprint density at radius 1 is 1.13 bits per heavy atom. The van der Waals surface area contributed by atoms with Crippen molar-refractivity contribution in [3.05, 3.63) is 83.6 Å². The van der Waals surface area contributed by atoms with Crippen LogP contribution in [0.4, 0.5) is 0 Å². The van der Waals surface area contributed by atoms with Gasteiger partial charge in [0.1, 0.15) is 0 Å². The quantitative estimate of drug-likeness (QED) is 0.788. The predicted octanol–water partition coefficient (Wildman–Crippen LogP) is 3.95. The molecule has 0 saturated heterocycles. The minimum absolute atomic E-state index is 0.219. The van der Waals surface area contributed by atoms with Gasteiger partial charge in [-0.2, -0.15) is 5.26 Å². The second-order valence-corrected chi connectivity index (χ2v) is 5.54. The van der Waals surface area contributed by atoms with Gasteiger partial charge >= 0.3 is 0 Å². The number of carbonyl (C=O) groups is 1. The highest BCUT2D eigenvalue weighted by Crippen LogP contribution is 2.35. The van der Waals surface area contributed by atoms with Gasteiger partial charge in [0.25, 0.3) is 5.91 Å². The Balaban J connectivity index is 1.93. The van der Waals surface area contributed by atoms with Gasteiger partial charge in [-0.1, -0.05) is 54.6 Å². The lowest BCUT2D eigenvalue weighted by Gasteiger charge is -2.37. The van der Waals surface area contributed by atoms with E-state index in [2.05, 4.69) is 6.07 Å². The minimum atomic E-state index is -1.01. The van der Waals surface area contributed by atoms with Crippen LogP contribution in [-0.2, 0) is 10.3 Å². The van der Waals surface area contributed by atoms with Crippen LogP contribution in [0.25, 0.3) is 12.2 Å². The first-order valence-corrected chi connectivity index (χ1v) is 7.40. The fourth-order valence-corrected chi connectivity index (χ4v) is 2.74. The van der Waals surface area contributed by atoms with E-state index in [9.17, 15) is 10.1 Å². The van der Waals surface area contributed by atoms with E-state index >= 15 is 0 Å². The first kappa shape index (κ1) is 14.8. The Bertz CT molecular complexity index is 830. The van der Waals surface area contributed by atoms with Gasteiger partial charge in [0, 0.05) is 12.3 Å². The molecule has 0 fully saturated rings. The summed E-state index contributed by atoms with van der Waals surface area (Å²) in [5.74, 6) is -0.219. The van der Waals surface area contributed by atoms with Gasteiger partial charge in [-0.25, -0.2) is 0 Å². The Hall–Kier alpha value is -3.12. The summed E-state index contributed by atoms with van der Waals surface area (Å²) in [4.78, 5) is 14.1. The summed E-state index contributed by atoms with van der Waals surface area (Å²) < 4.78 is 0. The number of hydrogen-bond acceptors (Lipinski definition) is 2. The number of nitriles is 1. The van der Waals surface area contributed by atoms with Crippen LogP contribution >= 0.6 is 0 Å². The summed E-state index contributed by atoms with van der Waals surface area (Å²) in [7, 11) is 0. The molecule has 1 heterocycles. The van der Waals surface area contributed by atoms with Crippen molar-refractivity contribution in [1.82, 2.24) is 4.90 Å². The average molecular weight is 300 g/mol. The third kappa shape index (κ3) is 2.67. The van der Waals surface area contributed by atoms with Crippen molar-refractivity contribution in [2.45, 2.75) is 12.5 Å². The molecule has 23 heavy (non-hydrogen) atoms. The Kier molecular flexibility index (Phi) is 3.82. The predicted molar refractivity (Wildman–Crippen MR) is 90.8 cm³/mol. The van der Waals surface area contributed by atoms with Gasteiger partial charge in [0.15, 0.2) is 5.54 Å². The van der Waals surface area contributed by atoms with E-state index in [1.54, 1.807) is 19.2 Å². The maximum atomic E-state index is 12.6. The van der Waals surface area contributed by atoms with Crippen molar-refractivity contribution in [2.75, 3.05) is 0 Å². The average Bonchev–Trinajstić information content (AvgIpc) is 2.61. The van der Waals surface area contributed by atoms with Crippen LogP contribution in [0.15, 0.2) is 66.9 Å². The van der Waals surface area contributed by atoms with E-state index in [0.29, 0.717) is 0 Å². The zero-order valence-corrected chi connectivity index (χ0v) is 12.8. The number of amides is 1. The maximum Gasteiger partial charge on any atom is 0.252 e. The molecule has 0 bridgehead atoms. The molecule has 1 aliphatic heterocycles. The molecule has 112 valence electrons. The number of carbonyl (C=O) groups excluding carboxylic acids is 1. The summed E-state index contributed by atoms with van der Waals surface area (Å²) in [6.07, 6.45) is 6.81. The van der Waals surface area contributed by atoms with Crippen LogP contribution in [0.3, 0.4) is 0 Å². The van der Waals surface area contributed by atoms with Crippen molar-refractivity contribution in [2.24, 2.45) is 0 Å². The molecular formula is C20H16N2O. The molecule has 0 saturated carbocycles. The largest absolute Gasteiger partial charge is 0.292 e. The van der Waals surface area contributed by atoms with Crippen molar-refractivity contribution in [1.29, 1.82) is 5.26 Å². The smallest absolute Gasteiger partial charge is 0.252 e. The Labute approximate surface area is 135 Å². The van der Waals surface area contributed by atoms with Crippen LogP contribution in [0.1, 0.15) is 23.6 Å². The van der Waals surface area contributed by atoms with E-state index in [1.165, 1.54) is 11.0 Å². The van der Waals surface area contributed by atoms with Gasteiger partial charge in [-0.05, 0) is 35.8 Å². The standard InChI is InChI=1S/C20H16N2O/c1-20(15-21)18-10-6-5-9-17(18)13-14-22(20)19(23)12-11-16-7-3-2-4-8-16/h2-14H,1H3/b12-11+. The first-order chi connectivity index (χ1) is 11.1. The highest BCUT2D eigenvalue weighted by molar-refractivity contribution is 5.94. The fraction of sp³-hybridized carbons (Fsp3) is 0.100. The molecule has 0 radical (unpaired) electrons. The number of rotatable bonds is 2. The molecule has 0 aliphatic carbocycles. The van der Waals surface area contributed by atoms with Crippen molar-refractivity contribution < 1.29 is 4.79 Å². The van der Waals surface area contributed by atoms with E-state index in [1.807, 2.05) is 60.7 Å². The molecule has 0 N–H and O–H groups in total. The van der Waals surface area contributed by atoms with Gasteiger partial charge < -0.3 is 0 Å². The third-order valence-corrected chi connectivity index (χ3v) is 4.04. The van der Waals surface area contributed by atoms with E-state index in [4.69, 9.17) is 0 Å². The maximum absolute atomic E-state index is 12.6. The second-order valence-electron chi connectivity index (χ2n) is 5.54. The molecule has 0 aromatic heterocycles. The third-order valence-electron chi connectivity index (χ3n) is 4.04. The first-order valence-electron chi connectivity index (χ1n) is 7.40. The number of benzene rings is 2. The highest BCUT2D eigenvalue weighted by atomic mass is 16.2. The van der Waals surface area contributed by atoms with E-state index in [0.717, 1.165) is 16.7 Å². The highest BCUT2D eigenvalue weighted by Gasteiger charge is 2.38. The summed E-state index contributed by atoms with van der Waals surface area (Å²) >= 11 is 0. The lowest BCUT2D eigenvalue weighted by molar-refractivity contribution is -0.126. The summed E-state index contributed by atoms with van der Waals surface area (Å²) in [6, 6.07) is 19.5. The minimum Gasteiger partial charge on any atom is -0.292 e. The summed E-state index contributed by atoms with van der Waals surface area (Å²) in [6.45, 7) is 1.77. The topological polar surface area (TPSA) is 44.1 Å². The van der Waals surface area contributed by atoms with Crippen LogP contribution in [0.2, 0.25) is 0 Å². The van der Waals surface area contributed by atoms with Crippen LogP contribution in [0.5, 0.6) is 0 Å². The van der Waals surface area contributed by atoms with Crippen molar-refractivity contribution >= 4 is 18.1 Å². The van der Waals surface area contributed by atoms with Crippen LogP contribution in [-0.4, -0.2) is 10.8 Å². The lowest BCUT2D eigenvalue weighted by atomic mass is 9.85. The van der Waals surface area contributed by atoms with Crippen molar-refractivity contribution in [3.63, 3.8) is 0 Å². The SMILES string of the molecule is CC1(C#N)c2ccccc2C=CN1C(=O)/C=C/c1ccccc1. The monoisotopic (exact) mass is 300 g/mol. The van der Waals surface area contributed by atoms with E-state index in [-0.39, 0.29) is 5.91 Å². The molecule has 1 amide bonds. The lowest BCUT2D eigenvalue weighted by Crippen LogP contribution is -2.44. The summed E-state index contributed by atoms with van der Waals surface area (Å²) in [5, 5.41) is 9.70. The molecule has 1 atom stereocenters. The molecule has 3 nitrogen and oxygen atoms in total. The Morgan fingerprint density at radius 2 is 1.83 bits per heavy atom. The fourth-order valence-electron chi connectivity index (χ4n) is 2.74. The molecule has 1 aliphatic rings. The van der Waals surface area contributed by atoms with Gasteiger partial charge in [-0.15, -0.1) is 0 Å². The molecular weight excluding hydrogens is 284 g/mol. The second kappa shape index (κ2) is 5.94. The Morgan fingerprint density at radius 3 is 2.57 bits per heavy atom. The van der Waals surface area contributed by atoms with Gasteiger partial charge in [0.05, 0.1) is 6.07 Å². The molecule has 1 unspecified atom stereocenters. The normalized spacial score (nSPS) is 19.4. The molecule has 2 aromatic rings. The van der Waals surface area contributed by atoms with E-state index < -0.39 is 5.54 Å². The van der Waals surface area contributed by atoms with Crippen LogP contribution in [0, 0.1) is 11.3 Å². The number of fused-ring (bicyclic) bond motifs is 1. The van der Waals surface area contributed by atoms with Gasteiger partial charge in [-0.3, -0.25) is 9.69 Å².